The Hall–Kier alpha value is -3.28. The monoisotopic (exact) mass is 354 g/mol. The van der Waals surface area contributed by atoms with Crippen LogP contribution in [0.3, 0.4) is 0 Å². The van der Waals surface area contributed by atoms with Gasteiger partial charge >= 0.3 is 0 Å². The molecule has 0 saturated carbocycles. The summed E-state index contributed by atoms with van der Waals surface area (Å²) in [4.78, 5) is 23.9. The molecule has 6 heteroatoms. The molecule has 6 nitrogen and oxygen atoms in total. The molecule has 0 radical (unpaired) electrons. The summed E-state index contributed by atoms with van der Waals surface area (Å²) in [6.07, 6.45) is 1.64. The van der Waals surface area contributed by atoms with Gasteiger partial charge in [0.15, 0.2) is 6.61 Å². The van der Waals surface area contributed by atoms with Crippen molar-refractivity contribution in [2.75, 3.05) is 13.2 Å². The van der Waals surface area contributed by atoms with Gasteiger partial charge in [-0.3, -0.25) is 20.4 Å². The number of hydrogen-bond acceptors (Lipinski definition) is 4. The summed E-state index contributed by atoms with van der Waals surface area (Å²) in [7, 11) is 0. The number of nitrogens with one attached hydrogen (secondary N) is 2. The van der Waals surface area contributed by atoms with Crippen molar-refractivity contribution in [3.8, 4) is 11.5 Å². The number of carbonyl (C=O) groups excluding carboxylic acids is 2. The third-order valence-corrected chi connectivity index (χ3v) is 3.56. The first kappa shape index (κ1) is 19.1. The molecule has 2 N–H and O–H groups in total. The van der Waals surface area contributed by atoms with E-state index in [4.69, 9.17) is 9.47 Å². The Balaban J connectivity index is 1.81. The van der Waals surface area contributed by atoms with Gasteiger partial charge in [-0.15, -0.1) is 0 Å². The standard InChI is InChI=1S/C20H22N2O4/c1-4-12-25-17-10-8-16(9-11-17)20(24)22-21-18(23)13-26-19-14(2)6-5-7-15(19)3/h4-11H,1,12-13H2,2-3H3,(H,21,23)(H,22,24). The minimum Gasteiger partial charge on any atom is -0.490 e. The van der Waals surface area contributed by atoms with Crippen molar-refractivity contribution >= 4 is 11.8 Å². The van der Waals surface area contributed by atoms with Gasteiger partial charge in [-0.05, 0) is 49.2 Å². The molecule has 0 unspecified atom stereocenters. The van der Waals surface area contributed by atoms with Gasteiger partial charge in [0.2, 0.25) is 0 Å². The van der Waals surface area contributed by atoms with Crippen LogP contribution in [0.25, 0.3) is 0 Å². The van der Waals surface area contributed by atoms with E-state index in [1.807, 2.05) is 32.0 Å². The lowest BCUT2D eigenvalue weighted by Gasteiger charge is -2.12. The molecule has 2 amide bonds. The van der Waals surface area contributed by atoms with Gasteiger partial charge in [-0.2, -0.15) is 0 Å². The number of ether oxygens (including phenoxy) is 2. The third-order valence-electron chi connectivity index (χ3n) is 3.56. The van der Waals surface area contributed by atoms with Crippen LogP contribution < -0.4 is 20.3 Å². The quantitative estimate of drug-likeness (QED) is 0.592. The average molecular weight is 354 g/mol. The van der Waals surface area contributed by atoms with Crippen molar-refractivity contribution in [3.63, 3.8) is 0 Å². The van der Waals surface area contributed by atoms with E-state index >= 15 is 0 Å². The van der Waals surface area contributed by atoms with Crippen LogP contribution >= 0.6 is 0 Å². The molecular weight excluding hydrogens is 332 g/mol. The lowest BCUT2D eigenvalue weighted by molar-refractivity contribution is -0.123. The van der Waals surface area contributed by atoms with Crippen molar-refractivity contribution < 1.29 is 19.1 Å². The molecule has 0 spiro atoms. The smallest absolute Gasteiger partial charge is 0.276 e. The number of para-hydroxylation sites is 1. The van der Waals surface area contributed by atoms with Crippen molar-refractivity contribution in [1.82, 2.24) is 10.9 Å². The molecule has 2 rings (SSSR count). The van der Waals surface area contributed by atoms with E-state index in [0.29, 0.717) is 23.7 Å². The summed E-state index contributed by atoms with van der Waals surface area (Å²) in [6, 6.07) is 12.3. The Kier molecular flexibility index (Phi) is 6.79. The zero-order chi connectivity index (χ0) is 18.9. The number of benzene rings is 2. The SMILES string of the molecule is C=CCOc1ccc(C(=O)NNC(=O)COc2c(C)cccc2C)cc1. The summed E-state index contributed by atoms with van der Waals surface area (Å²) in [5, 5.41) is 0. The van der Waals surface area contributed by atoms with Crippen LogP contribution in [0.5, 0.6) is 11.5 Å². The number of hydrazine groups is 1. The van der Waals surface area contributed by atoms with Gasteiger partial charge in [-0.1, -0.05) is 30.9 Å². The lowest BCUT2D eigenvalue weighted by atomic mass is 10.1. The zero-order valence-corrected chi connectivity index (χ0v) is 14.9. The average Bonchev–Trinajstić information content (AvgIpc) is 2.64. The molecule has 0 aromatic heterocycles. The van der Waals surface area contributed by atoms with E-state index in [1.54, 1.807) is 30.3 Å². The maximum Gasteiger partial charge on any atom is 0.276 e. The molecule has 2 aromatic carbocycles. The van der Waals surface area contributed by atoms with Crippen LogP contribution in [0, 0.1) is 13.8 Å². The fraction of sp³-hybridized carbons (Fsp3) is 0.200. The van der Waals surface area contributed by atoms with Gasteiger partial charge in [0.25, 0.3) is 11.8 Å². The maximum atomic E-state index is 12.0. The molecule has 0 aliphatic heterocycles. The Morgan fingerprint density at radius 1 is 1.00 bits per heavy atom. The molecule has 0 fully saturated rings. The van der Waals surface area contributed by atoms with Gasteiger partial charge in [0.05, 0.1) is 0 Å². The highest BCUT2D eigenvalue weighted by molar-refractivity contribution is 5.95. The van der Waals surface area contributed by atoms with Crippen LogP contribution in [0.2, 0.25) is 0 Å². The molecule has 0 saturated heterocycles. The topological polar surface area (TPSA) is 76.7 Å². The molecule has 0 aliphatic carbocycles. The highest BCUT2D eigenvalue weighted by Crippen LogP contribution is 2.21. The van der Waals surface area contributed by atoms with E-state index in [-0.39, 0.29) is 6.61 Å². The molecule has 0 bridgehead atoms. The van der Waals surface area contributed by atoms with Crippen LogP contribution in [0.15, 0.2) is 55.1 Å². The predicted octanol–water partition coefficient (Wildman–Crippen LogP) is 2.71. The second-order valence-corrected chi connectivity index (χ2v) is 5.64. The first-order valence-electron chi connectivity index (χ1n) is 8.13. The summed E-state index contributed by atoms with van der Waals surface area (Å²) in [6.45, 7) is 7.58. The Bertz CT molecular complexity index is 765. The van der Waals surface area contributed by atoms with E-state index in [1.165, 1.54) is 0 Å². The Morgan fingerprint density at radius 2 is 1.65 bits per heavy atom. The van der Waals surface area contributed by atoms with E-state index < -0.39 is 11.8 Å². The van der Waals surface area contributed by atoms with E-state index in [0.717, 1.165) is 11.1 Å². The maximum absolute atomic E-state index is 12.0. The first-order chi connectivity index (χ1) is 12.5. The van der Waals surface area contributed by atoms with Crippen LogP contribution in [-0.2, 0) is 4.79 Å². The number of amides is 2. The molecule has 2 aromatic rings. The molecule has 0 atom stereocenters. The highest BCUT2D eigenvalue weighted by atomic mass is 16.5. The lowest BCUT2D eigenvalue weighted by Crippen LogP contribution is -2.43. The summed E-state index contributed by atoms with van der Waals surface area (Å²) < 4.78 is 10.9. The van der Waals surface area contributed by atoms with Gasteiger partial charge in [-0.25, -0.2) is 0 Å². The van der Waals surface area contributed by atoms with E-state index in [2.05, 4.69) is 17.4 Å². The number of carbonyl (C=O) groups is 2. The van der Waals surface area contributed by atoms with Crippen molar-refractivity contribution in [1.29, 1.82) is 0 Å². The minimum atomic E-state index is -0.452. The third kappa shape index (κ3) is 5.37. The van der Waals surface area contributed by atoms with Gasteiger partial charge in [0.1, 0.15) is 18.1 Å². The van der Waals surface area contributed by atoms with Crippen LogP contribution in [0.4, 0.5) is 0 Å². The highest BCUT2D eigenvalue weighted by Gasteiger charge is 2.10. The number of rotatable bonds is 7. The first-order valence-corrected chi connectivity index (χ1v) is 8.13. The molecule has 136 valence electrons. The Labute approximate surface area is 152 Å². The summed E-state index contributed by atoms with van der Waals surface area (Å²) in [5.41, 5.74) is 6.97. The normalized spacial score (nSPS) is 9.92. The zero-order valence-electron chi connectivity index (χ0n) is 14.9. The second-order valence-electron chi connectivity index (χ2n) is 5.64. The fourth-order valence-corrected chi connectivity index (χ4v) is 2.26. The second kappa shape index (κ2) is 9.27. The molecule has 26 heavy (non-hydrogen) atoms. The summed E-state index contributed by atoms with van der Waals surface area (Å²) >= 11 is 0. The number of aryl methyl sites for hydroxylation is 2. The van der Waals surface area contributed by atoms with Crippen molar-refractivity contribution in [3.05, 3.63) is 71.8 Å². The van der Waals surface area contributed by atoms with Gasteiger partial charge < -0.3 is 9.47 Å². The van der Waals surface area contributed by atoms with Crippen molar-refractivity contribution in [2.45, 2.75) is 13.8 Å². The fourth-order valence-electron chi connectivity index (χ4n) is 2.26. The van der Waals surface area contributed by atoms with Crippen LogP contribution in [-0.4, -0.2) is 25.0 Å². The predicted molar refractivity (Wildman–Crippen MR) is 99.2 cm³/mol. The molecular formula is C20H22N2O4. The van der Waals surface area contributed by atoms with Crippen LogP contribution in [0.1, 0.15) is 21.5 Å². The Morgan fingerprint density at radius 3 is 2.27 bits per heavy atom. The molecule has 0 heterocycles. The molecule has 0 aliphatic rings. The minimum absolute atomic E-state index is 0.194. The van der Waals surface area contributed by atoms with Crippen molar-refractivity contribution in [2.24, 2.45) is 0 Å². The van der Waals surface area contributed by atoms with Gasteiger partial charge in [0, 0.05) is 5.56 Å². The van der Waals surface area contributed by atoms with E-state index in [9.17, 15) is 9.59 Å². The number of hydrogen-bond donors (Lipinski definition) is 2. The summed E-state index contributed by atoms with van der Waals surface area (Å²) in [5.74, 6) is 0.421. The largest absolute Gasteiger partial charge is 0.490 e.